The van der Waals surface area contributed by atoms with Crippen LogP contribution in [0, 0.1) is 0 Å². The minimum atomic E-state index is -3.55. The lowest BCUT2D eigenvalue weighted by Gasteiger charge is -2.17. The quantitative estimate of drug-likeness (QED) is 0.599. The summed E-state index contributed by atoms with van der Waals surface area (Å²) < 4.78 is 24.1. The molecule has 11 heteroatoms. The van der Waals surface area contributed by atoms with Gasteiger partial charge in [0.15, 0.2) is 9.92 Å². The van der Waals surface area contributed by atoms with E-state index in [0.717, 1.165) is 47.9 Å². The fourth-order valence-electron chi connectivity index (χ4n) is 4.16. The standard InChI is InChI=1S/C21H21ClN6O3S/c22-15-9-14(10-24-11-15)17-6-5-13-3-1-4-16(13)19(17)26-21(29)27-32(23,30)18-12-25-28-7-2-8-31-20(18)28/h5-6,9-12H,1-4,7-8H2,(H3,23,26,27,29,30)/t32-/m1/s1. The summed E-state index contributed by atoms with van der Waals surface area (Å²) in [7, 11) is -3.55. The lowest BCUT2D eigenvalue weighted by molar-refractivity contribution is 0.224. The van der Waals surface area contributed by atoms with Crippen molar-refractivity contribution in [3.05, 3.63) is 52.9 Å². The van der Waals surface area contributed by atoms with Crippen molar-refractivity contribution in [1.82, 2.24) is 14.8 Å². The van der Waals surface area contributed by atoms with E-state index in [4.69, 9.17) is 21.5 Å². The number of nitrogens with zero attached hydrogens (tertiary/aromatic N) is 4. The van der Waals surface area contributed by atoms with Crippen molar-refractivity contribution >= 4 is 33.2 Å². The van der Waals surface area contributed by atoms with E-state index in [2.05, 4.69) is 19.8 Å². The molecule has 9 nitrogen and oxygen atoms in total. The third-order valence-corrected chi connectivity index (χ3v) is 7.13. The molecular weight excluding hydrogens is 452 g/mol. The second-order valence-electron chi connectivity index (χ2n) is 7.70. The van der Waals surface area contributed by atoms with Gasteiger partial charge in [-0.15, -0.1) is 4.36 Å². The minimum Gasteiger partial charge on any atom is -0.477 e. The Morgan fingerprint density at radius 3 is 2.97 bits per heavy atom. The Kier molecular flexibility index (Phi) is 5.36. The smallest absolute Gasteiger partial charge is 0.354 e. The van der Waals surface area contributed by atoms with Gasteiger partial charge in [-0.05, 0) is 36.5 Å². The first-order chi connectivity index (χ1) is 15.4. The van der Waals surface area contributed by atoms with Gasteiger partial charge in [0.2, 0.25) is 5.88 Å². The Morgan fingerprint density at radius 1 is 1.25 bits per heavy atom. The molecule has 0 saturated heterocycles. The second-order valence-corrected chi connectivity index (χ2v) is 9.90. The van der Waals surface area contributed by atoms with E-state index in [1.54, 1.807) is 23.1 Å². The molecule has 166 valence electrons. The zero-order chi connectivity index (χ0) is 22.3. The first-order valence-electron chi connectivity index (χ1n) is 10.2. The van der Waals surface area contributed by atoms with Crippen molar-refractivity contribution < 1.29 is 13.7 Å². The Labute approximate surface area is 190 Å². The molecule has 1 aliphatic carbocycles. The van der Waals surface area contributed by atoms with Crippen LogP contribution in [0.3, 0.4) is 0 Å². The molecule has 1 aliphatic heterocycles. The summed E-state index contributed by atoms with van der Waals surface area (Å²) in [6.45, 7) is 1.10. The number of nitrogens with one attached hydrogen (secondary N) is 1. The Morgan fingerprint density at radius 2 is 2.12 bits per heavy atom. The number of carbonyl (C=O) groups is 1. The molecule has 3 heterocycles. The summed E-state index contributed by atoms with van der Waals surface area (Å²) in [4.78, 5) is 17.2. The molecule has 3 N–H and O–H groups in total. The largest absolute Gasteiger partial charge is 0.477 e. The molecule has 2 aromatic heterocycles. The monoisotopic (exact) mass is 472 g/mol. The first-order valence-corrected chi connectivity index (χ1v) is 12.2. The van der Waals surface area contributed by atoms with Crippen LogP contribution in [0.1, 0.15) is 24.0 Å². The maximum Gasteiger partial charge on any atom is 0.354 e. The number of anilines is 1. The minimum absolute atomic E-state index is 0.116. The van der Waals surface area contributed by atoms with Crippen molar-refractivity contribution in [2.24, 2.45) is 9.50 Å². The SMILES string of the molecule is N[S@@](=O)(=NC(=O)Nc1c(-c2cncc(Cl)c2)ccc2c1CCC2)c1cnn2c1OCCC2. The number of urea groups is 1. The summed E-state index contributed by atoms with van der Waals surface area (Å²) in [5.41, 5.74) is 4.32. The highest BCUT2D eigenvalue weighted by Gasteiger charge is 2.25. The summed E-state index contributed by atoms with van der Waals surface area (Å²) in [6, 6.07) is 4.95. The molecular formula is C21H21ClN6O3S. The maximum absolute atomic E-state index is 13.1. The zero-order valence-electron chi connectivity index (χ0n) is 17.1. The first kappa shape index (κ1) is 20.9. The van der Waals surface area contributed by atoms with Crippen molar-refractivity contribution in [2.45, 2.75) is 37.1 Å². The molecule has 0 radical (unpaired) electrons. The van der Waals surface area contributed by atoms with Crippen LogP contribution in [0.5, 0.6) is 5.88 Å². The van der Waals surface area contributed by atoms with Gasteiger partial charge in [0.25, 0.3) is 0 Å². The number of benzene rings is 1. The van der Waals surface area contributed by atoms with Crippen LogP contribution in [0.4, 0.5) is 10.5 Å². The van der Waals surface area contributed by atoms with Crippen LogP contribution in [-0.4, -0.2) is 31.6 Å². The molecule has 32 heavy (non-hydrogen) atoms. The molecule has 3 aromatic rings. The lowest BCUT2D eigenvalue weighted by atomic mass is 9.98. The molecule has 2 amide bonds. The van der Waals surface area contributed by atoms with Gasteiger partial charge in [-0.1, -0.05) is 23.7 Å². The number of rotatable bonds is 3. The Bertz CT molecular complexity index is 1350. The average Bonchev–Trinajstić information content (AvgIpc) is 3.41. The highest BCUT2D eigenvalue weighted by molar-refractivity contribution is 7.91. The van der Waals surface area contributed by atoms with Gasteiger partial charge in [-0.3, -0.25) is 4.98 Å². The van der Waals surface area contributed by atoms with E-state index in [1.165, 1.54) is 6.20 Å². The van der Waals surface area contributed by atoms with Crippen molar-refractivity contribution in [1.29, 1.82) is 0 Å². The van der Waals surface area contributed by atoms with Gasteiger partial charge in [0.1, 0.15) is 4.90 Å². The van der Waals surface area contributed by atoms with Crippen LogP contribution >= 0.6 is 11.6 Å². The second kappa shape index (κ2) is 8.19. The van der Waals surface area contributed by atoms with Crippen LogP contribution in [0.15, 0.2) is 46.0 Å². The van der Waals surface area contributed by atoms with Crippen LogP contribution in [-0.2, 0) is 29.3 Å². The third-order valence-electron chi connectivity index (χ3n) is 5.58. The van der Waals surface area contributed by atoms with Gasteiger partial charge in [0, 0.05) is 36.5 Å². The molecule has 0 spiro atoms. The van der Waals surface area contributed by atoms with E-state index in [0.29, 0.717) is 29.7 Å². The number of hydrogen-bond donors (Lipinski definition) is 2. The summed E-state index contributed by atoms with van der Waals surface area (Å²) in [5.74, 6) is 0.298. The molecule has 2 aliphatic rings. The fraction of sp³-hybridized carbons (Fsp3) is 0.286. The number of carbonyl (C=O) groups excluding carboxylic acids is 1. The molecule has 0 bridgehead atoms. The Hall–Kier alpha value is -2.95. The van der Waals surface area contributed by atoms with Crippen molar-refractivity contribution in [3.63, 3.8) is 0 Å². The summed E-state index contributed by atoms with van der Waals surface area (Å²) in [5, 5.41) is 13.4. The van der Waals surface area contributed by atoms with Crippen molar-refractivity contribution in [3.8, 4) is 17.0 Å². The molecule has 5 rings (SSSR count). The van der Waals surface area contributed by atoms with Gasteiger partial charge >= 0.3 is 6.03 Å². The Balaban J connectivity index is 1.53. The van der Waals surface area contributed by atoms with E-state index in [1.807, 2.05) is 12.1 Å². The highest BCUT2D eigenvalue weighted by atomic mass is 35.5. The molecule has 0 saturated carbocycles. The van der Waals surface area contributed by atoms with Gasteiger partial charge in [0.05, 0.1) is 23.5 Å². The predicted octanol–water partition coefficient (Wildman–Crippen LogP) is 3.80. The van der Waals surface area contributed by atoms with E-state index < -0.39 is 15.9 Å². The number of ether oxygens (including phenoxy) is 1. The van der Waals surface area contributed by atoms with Gasteiger partial charge in [-0.25, -0.2) is 18.8 Å². The van der Waals surface area contributed by atoms with E-state index in [9.17, 15) is 9.00 Å². The van der Waals surface area contributed by atoms with E-state index in [-0.39, 0.29) is 4.90 Å². The number of aromatic nitrogens is 3. The van der Waals surface area contributed by atoms with Gasteiger partial charge in [-0.2, -0.15) is 5.10 Å². The van der Waals surface area contributed by atoms with Gasteiger partial charge < -0.3 is 10.1 Å². The van der Waals surface area contributed by atoms with E-state index >= 15 is 0 Å². The predicted molar refractivity (Wildman–Crippen MR) is 121 cm³/mol. The molecule has 1 atom stereocenters. The van der Waals surface area contributed by atoms with Crippen molar-refractivity contribution in [2.75, 3.05) is 11.9 Å². The topological polar surface area (TPSA) is 124 Å². The number of amides is 2. The normalized spacial score (nSPS) is 16.4. The maximum atomic E-state index is 13.1. The number of halogens is 1. The average molecular weight is 473 g/mol. The number of aryl methyl sites for hydroxylation is 2. The third kappa shape index (κ3) is 3.85. The highest BCUT2D eigenvalue weighted by Crippen LogP contribution is 2.38. The molecule has 0 fully saturated rings. The number of hydrogen-bond acceptors (Lipinski definition) is 5. The van der Waals surface area contributed by atoms with Crippen LogP contribution in [0.25, 0.3) is 11.1 Å². The van der Waals surface area contributed by atoms with Crippen LogP contribution in [0.2, 0.25) is 5.02 Å². The van der Waals surface area contributed by atoms with Crippen LogP contribution < -0.4 is 15.2 Å². The summed E-state index contributed by atoms with van der Waals surface area (Å²) in [6.07, 6.45) is 8.09. The summed E-state index contributed by atoms with van der Waals surface area (Å²) >= 11 is 6.13. The number of fused-ring (bicyclic) bond motifs is 2. The molecule has 0 unspecified atom stereocenters. The zero-order valence-corrected chi connectivity index (χ0v) is 18.7. The fourth-order valence-corrected chi connectivity index (χ4v) is 5.33. The molecule has 1 aromatic carbocycles. The number of nitrogens with two attached hydrogens (primary N) is 1. The number of pyridine rings is 1. The lowest BCUT2D eigenvalue weighted by Crippen LogP contribution is -2.21.